The minimum Gasteiger partial charge on any atom is -0.373 e. The van der Waals surface area contributed by atoms with Crippen molar-refractivity contribution >= 4 is 11.3 Å². The van der Waals surface area contributed by atoms with Crippen LogP contribution in [-0.2, 0) is 10.9 Å². The van der Waals surface area contributed by atoms with E-state index in [1.54, 1.807) is 0 Å². The number of nitrogens with two attached hydrogens (primary N) is 1. The van der Waals surface area contributed by atoms with E-state index in [0.717, 1.165) is 0 Å². The Morgan fingerprint density at radius 1 is 1.32 bits per heavy atom. The van der Waals surface area contributed by atoms with Gasteiger partial charge in [0.1, 0.15) is 0 Å². The van der Waals surface area contributed by atoms with Crippen molar-refractivity contribution in [1.29, 1.82) is 0 Å². The predicted octanol–water partition coefficient (Wildman–Crippen LogP) is 3.76. The predicted molar refractivity (Wildman–Crippen MR) is 69.0 cm³/mol. The molecule has 1 rings (SSSR count). The summed E-state index contributed by atoms with van der Waals surface area (Å²) in [4.78, 5) is 3.82. The van der Waals surface area contributed by atoms with Gasteiger partial charge >= 0.3 is 6.18 Å². The molecule has 110 valence electrons. The average molecular weight is 296 g/mol. The summed E-state index contributed by atoms with van der Waals surface area (Å²) in [7, 11) is 0. The van der Waals surface area contributed by atoms with Crippen molar-refractivity contribution in [2.45, 2.75) is 51.4 Å². The molecule has 0 aliphatic heterocycles. The fourth-order valence-corrected chi connectivity index (χ4v) is 2.98. The molecular formula is C12H19F3N2OS. The van der Waals surface area contributed by atoms with Crippen LogP contribution in [0.25, 0.3) is 0 Å². The van der Waals surface area contributed by atoms with Crippen LogP contribution >= 0.6 is 11.3 Å². The number of alkyl halides is 3. The topological polar surface area (TPSA) is 48.1 Å². The third kappa shape index (κ3) is 3.46. The Morgan fingerprint density at radius 2 is 1.89 bits per heavy atom. The third-order valence-corrected chi connectivity index (χ3v) is 4.39. The highest BCUT2D eigenvalue weighted by Gasteiger charge is 2.39. The van der Waals surface area contributed by atoms with E-state index < -0.39 is 22.8 Å². The second-order valence-corrected chi connectivity index (χ2v) is 5.31. The first-order valence-corrected chi connectivity index (χ1v) is 7.04. The maximum Gasteiger partial charge on any atom is 0.443 e. The number of aromatic nitrogens is 1. The van der Waals surface area contributed by atoms with Gasteiger partial charge in [-0.2, -0.15) is 13.2 Å². The minimum atomic E-state index is -4.42. The monoisotopic (exact) mass is 296 g/mol. The lowest BCUT2D eigenvalue weighted by Gasteiger charge is -2.36. The lowest BCUT2D eigenvalue weighted by atomic mass is 9.88. The Labute approximate surface area is 115 Å². The van der Waals surface area contributed by atoms with Gasteiger partial charge in [0.25, 0.3) is 0 Å². The molecule has 0 bridgehead atoms. The summed E-state index contributed by atoms with van der Waals surface area (Å²) >= 11 is 0.590. The lowest BCUT2D eigenvalue weighted by molar-refractivity contribution is -0.137. The van der Waals surface area contributed by atoms with Gasteiger partial charge in [-0.1, -0.05) is 13.8 Å². The largest absolute Gasteiger partial charge is 0.443 e. The molecule has 1 aromatic rings. The van der Waals surface area contributed by atoms with E-state index in [9.17, 15) is 13.2 Å². The first-order chi connectivity index (χ1) is 8.80. The van der Waals surface area contributed by atoms with Crippen LogP contribution in [0.5, 0.6) is 0 Å². The number of rotatable bonds is 6. The standard InChI is InChI=1S/C12H19F3N2OS/c1-4-11(5-2,18-6-3)9(16)8-7-17-10(19-8)12(13,14)15/h7,9H,4-6,16H2,1-3H3. The molecule has 0 saturated heterocycles. The second-order valence-electron chi connectivity index (χ2n) is 4.25. The maximum absolute atomic E-state index is 12.5. The van der Waals surface area contributed by atoms with Crippen molar-refractivity contribution in [2.75, 3.05) is 6.61 Å². The minimum absolute atomic E-state index is 0.407. The Kier molecular flexibility index (Phi) is 5.34. The second kappa shape index (κ2) is 6.19. The molecule has 7 heteroatoms. The van der Waals surface area contributed by atoms with Gasteiger partial charge < -0.3 is 10.5 Å². The van der Waals surface area contributed by atoms with Crippen molar-refractivity contribution in [3.63, 3.8) is 0 Å². The van der Waals surface area contributed by atoms with Crippen LogP contribution < -0.4 is 5.73 Å². The Balaban J connectivity index is 3.03. The van der Waals surface area contributed by atoms with Crippen molar-refractivity contribution in [3.05, 3.63) is 16.1 Å². The zero-order chi connectivity index (χ0) is 14.7. The summed E-state index contributed by atoms with van der Waals surface area (Å²) in [6.45, 7) is 6.16. The summed E-state index contributed by atoms with van der Waals surface area (Å²) in [5.41, 5.74) is 5.48. The van der Waals surface area contributed by atoms with E-state index >= 15 is 0 Å². The van der Waals surface area contributed by atoms with E-state index in [0.29, 0.717) is 35.7 Å². The molecule has 3 nitrogen and oxygen atoms in total. The van der Waals surface area contributed by atoms with Crippen LogP contribution in [0.3, 0.4) is 0 Å². The van der Waals surface area contributed by atoms with Crippen molar-refractivity contribution in [3.8, 4) is 0 Å². The summed E-state index contributed by atoms with van der Waals surface area (Å²) in [5, 5.41) is -0.865. The normalized spacial score (nSPS) is 14.7. The molecule has 0 aliphatic rings. The van der Waals surface area contributed by atoms with Gasteiger partial charge in [-0.25, -0.2) is 4.98 Å². The SMILES string of the molecule is CCOC(CC)(CC)C(N)c1cnc(C(F)(F)F)s1. The first-order valence-electron chi connectivity index (χ1n) is 6.23. The fraction of sp³-hybridized carbons (Fsp3) is 0.750. The average Bonchev–Trinajstić information content (AvgIpc) is 2.84. The maximum atomic E-state index is 12.5. The summed E-state index contributed by atoms with van der Waals surface area (Å²) in [5.74, 6) is 0. The molecule has 0 fully saturated rings. The van der Waals surface area contributed by atoms with Crippen LogP contribution in [0, 0.1) is 0 Å². The van der Waals surface area contributed by atoms with Crippen molar-refractivity contribution in [1.82, 2.24) is 4.98 Å². The van der Waals surface area contributed by atoms with Crippen LogP contribution in [-0.4, -0.2) is 17.2 Å². The van der Waals surface area contributed by atoms with E-state index in [2.05, 4.69) is 4.98 Å². The molecule has 1 aromatic heterocycles. The fourth-order valence-electron chi connectivity index (χ4n) is 2.09. The third-order valence-electron chi connectivity index (χ3n) is 3.27. The molecule has 0 amide bonds. The zero-order valence-electron chi connectivity index (χ0n) is 11.3. The van der Waals surface area contributed by atoms with Gasteiger partial charge in [0.2, 0.25) is 0 Å². The molecule has 0 aromatic carbocycles. The van der Waals surface area contributed by atoms with Crippen LogP contribution in [0.4, 0.5) is 13.2 Å². The van der Waals surface area contributed by atoms with Gasteiger partial charge in [-0.05, 0) is 19.8 Å². The highest BCUT2D eigenvalue weighted by Crippen LogP contribution is 2.39. The zero-order valence-corrected chi connectivity index (χ0v) is 12.1. The van der Waals surface area contributed by atoms with E-state index in [4.69, 9.17) is 10.5 Å². The van der Waals surface area contributed by atoms with E-state index in [1.807, 2.05) is 20.8 Å². The highest BCUT2D eigenvalue weighted by atomic mass is 32.1. The van der Waals surface area contributed by atoms with Gasteiger partial charge in [0.05, 0.1) is 11.6 Å². The molecule has 0 radical (unpaired) electrons. The quantitative estimate of drug-likeness (QED) is 0.869. The Hall–Kier alpha value is -0.660. The molecule has 1 unspecified atom stereocenters. The Morgan fingerprint density at radius 3 is 2.26 bits per heavy atom. The van der Waals surface area contributed by atoms with Gasteiger partial charge in [-0.3, -0.25) is 0 Å². The van der Waals surface area contributed by atoms with E-state index in [1.165, 1.54) is 6.20 Å². The molecule has 0 aliphatic carbocycles. The molecule has 2 N–H and O–H groups in total. The summed E-state index contributed by atoms with van der Waals surface area (Å²) < 4.78 is 43.4. The first kappa shape index (κ1) is 16.4. The van der Waals surface area contributed by atoms with E-state index in [-0.39, 0.29) is 0 Å². The van der Waals surface area contributed by atoms with Gasteiger partial charge in [0, 0.05) is 17.7 Å². The van der Waals surface area contributed by atoms with Crippen LogP contribution in [0.2, 0.25) is 0 Å². The molecule has 1 atom stereocenters. The smallest absolute Gasteiger partial charge is 0.373 e. The number of halogens is 3. The van der Waals surface area contributed by atoms with Crippen LogP contribution in [0.15, 0.2) is 6.20 Å². The highest BCUT2D eigenvalue weighted by molar-refractivity contribution is 7.11. The molecule has 0 spiro atoms. The molecule has 0 saturated carbocycles. The van der Waals surface area contributed by atoms with Crippen molar-refractivity contribution < 1.29 is 17.9 Å². The van der Waals surface area contributed by atoms with Gasteiger partial charge in [0.15, 0.2) is 5.01 Å². The number of hydrogen-bond acceptors (Lipinski definition) is 4. The summed E-state index contributed by atoms with van der Waals surface area (Å²) in [6, 6.07) is -0.601. The molecule has 1 heterocycles. The lowest BCUT2D eigenvalue weighted by Crippen LogP contribution is -2.42. The number of thiazole rings is 1. The Bertz CT molecular complexity index is 402. The molecule has 19 heavy (non-hydrogen) atoms. The molecular weight excluding hydrogens is 277 g/mol. The number of nitrogens with zero attached hydrogens (tertiary/aromatic N) is 1. The number of ether oxygens (including phenoxy) is 1. The van der Waals surface area contributed by atoms with Crippen molar-refractivity contribution in [2.24, 2.45) is 5.73 Å². The number of hydrogen-bond donors (Lipinski definition) is 1. The summed E-state index contributed by atoms with van der Waals surface area (Å²) in [6.07, 6.45) is -1.94. The van der Waals surface area contributed by atoms with Crippen LogP contribution in [0.1, 0.15) is 49.5 Å². The van der Waals surface area contributed by atoms with Gasteiger partial charge in [-0.15, -0.1) is 11.3 Å².